The van der Waals surface area contributed by atoms with Gasteiger partial charge in [-0.25, -0.2) is 0 Å². The van der Waals surface area contributed by atoms with Crippen molar-refractivity contribution in [2.75, 3.05) is 13.1 Å². The van der Waals surface area contributed by atoms with Gasteiger partial charge in [0.05, 0.1) is 0 Å². The van der Waals surface area contributed by atoms with Gasteiger partial charge >= 0.3 is 0 Å². The van der Waals surface area contributed by atoms with Gasteiger partial charge in [0.1, 0.15) is 0 Å². The van der Waals surface area contributed by atoms with Crippen LogP contribution in [-0.2, 0) is 0 Å². The molecule has 46 valence electrons. The van der Waals surface area contributed by atoms with E-state index >= 15 is 0 Å². The predicted octanol–water partition coefficient (Wildman–Crippen LogP) is 0.122. The van der Waals surface area contributed by atoms with Crippen LogP contribution in [0.5, 0.6) is 0 Å². The zero-order valence-corrected chi connectivity index (χ0v) is 6.02. The molecule has 0 aromatic rings. The lowest BCUT2D eigenvalue weighted by molar-refractivity contribution is 0.494. The molecule has 1 aliphatic rings. The fourth-order valence-electron chi connectivity index (χ4n) is 1.42. The van der Waals surface area contributed by atoms with Gasteiger partial charge in [-0.05, 0) is 24.9 Å². The van der Waals surface area contributed by atoms with Crippen molar-refractivity contribution in [1.29, 1.82) is 0 Å². The van der Waals surface area contributed by atoms with Crippen LogP contribution in [0.15, 0.2) is 0 Å². The summed E-state index contributed by atoms with van der Waals surface area (Å²) in [6, 6.07) is 0. The van der Waals surface area contributed by atoms with Gasteiger partial charge in [-0.2, -0.15) is 0 Å². The Hall–Kier alpha value is 0.0249. The summed E-state index contributed by atoms with van der Waals surface area (Å²) in [5.74, 6) is 1.83. The maximum atomic E-state index is 2.40. The molecule has 0 unspecified atom stereocenters. The molecule has 1 fully saturated rings. The molecular weight excluding hydrogens is 96.9 g/mol. The molecular formula is C6H14BN. The van der Waals surface area contributed by atoms with Crippen molar-refractivity contribution in [1.82, 2.24) is 4.81 Å². The topological polar surface area (TPSA) is 3.24 Å². The fourth-order valence-corrected chi connectivity index (χ4v) is 1.42. The van der Waals surface area contributed by atoms with Crippen LogP contribution in [0.25, 0.3) is 0 Å². The molecule has 0 N–H and O–H groups in total. The van der Waals surface area contributed by atoms with Gasteiger partial charge in [0.2, 0.25) is 0 Å². The Morgan fingerprint density at radius 2 is 1.62 bits per heavy atom. The van der Waals surface area contributed by atoms with Crippen LogP contribution < -0.4 is 0 Å². The molecule has 2 heteroatoms. The van der Waals surface area contributed by atoms with E-state index in [1.54, 1.807) is 0 Å². The fraction of sp³-hybridized carbons (Fsp3) is 1.00. The first-order chi connectivity index (χ1) is 3.70. The van der Waals surface area contributed by atoms with E-state index in [4.69, 9.17) is 0 Å². The lowest BCUT2D eigenvalue weighted by atomic mass is 10.0. The van der Waals surface area contributed by atoms with E-state index in [0.717, 1.165) is 11.8 Å². The van der Waals surface area contributed by atoms with Gasteiger partial charge in [0.15, 0.2) is 7.98 Å². The number of nitrogens with zero attached hydrogens (tertiary/aromatic N) is 1. The van der Waals surface area contributed by atoms with E-state index in [2.05, 4.69) is 26.6 Å². The standard InChI is InChI=1S/C6H14BN/c1-5-3-8(7)4-6(5)2/h5-6H,3-4,7H2,1-2H3/t5-,6+. The maximum Gasteiger partial charge on any atom is 0.185 e. The zero-order valence-electron chi connectivity index (χ0n) is 6.02. The van der Waals surface area contributed by atoms with Crippen LogP contribution in [0.3, 0.4) is 0 Å². The Bertz CT molecular complexity index is 74.6. The summed E-state index contributed by atoms with van der Waals surface area (Å²) < 4.78 is 0. The summed E-state index contributed by atoms with van der Waals surface area (Å²) in [6.07, 6.45) is 0. The van der Waals surface area contributed by atoms with Gasteiger partial charge in [0.25, 0.3) is 0 Å². The van der Waals surface area contributed by atoms with Gasteiger partial charge in [-0.3, -0.25) is 0 Å². The summed E-state index contributed by atoms with van der Waals surface area (Å²) in [6.45, 7) is 7.24. The van der Waals surface area contributed by atoms with Crippen LogP contribution in [0.2, 0.25) is 0 Å². The Labute approximate surface area is 52.5 Å². The summed E-state index contributed by atoms with van der Waals surface area (Å²) in [5.41, 5.74) is 0. The molecule has 0 spiro atoms. The van der Waals surface area contributed by atoms with E-state index in [1.165, 1.54) is 13.1 Å². The first-order valence-electron chi connectivity index (χ1n) is 3.38. The summed E-state index contributed by atoms with van der Waals surface area (Å²) >= 11 is 0. The molecule has 1 saturated heterocycles. The smallest absolute Gasteiger partial charge is 0.185 e. The highest BCUT2D eigenvalue weighted by Gasteiger charge is 2.21. The normalized spacial score (nSPS) is 40.8. The Kier molecular flexibility index (Phi) is 1.61. The molecule has 1 rings (SSSR count). The highest BCUT2D eigenvalue weighted by molar-refractivity contribution is 6.04. The number of rotatable bonds is 0. The lowest BCUT2D eigenvalue weighted by Gasteiger charge is -2.03. The highest BCUT2D eigenvalue weighted by atomic mass is 15.1. The molecule has 0 saturated carbocycles. The first-order valence-corrected chi connectivity index (χ1v) is 3.38. The van der Waals surface area contributed by atoms with Crippen LogP contribution >= 0.6 is 0 Å². The van der Waals surface area contributed by atoms with E-state index in [0.29, 0.717) is 0 Å². The van der Waals surface area contributed by atoms with Crippen molar-refractivity contribution in [3.05, 3.63) is 0 Å². The van der Waals surface area contributed by atoms with E-state index in [1.807, 2.05) is 0 Å². The lowest BCUT2D eigenvalue weighted by Crippen LogP contribution is -2.15. The van der Waals surface area contributed by atoms with Gasteiger partial charge in [-0.1, -0.05) is 13.8 Å². The monoisotopic (exact) mass is 111 g/mol. The average Bonchev–Trinajstić information content (AvgIpc) is 1.85. The van der Waals surface area contributed by atoms with Gasteiger partial charge in [0, 0.05) is 0 Å². The molecule has 2 atom stereocenters. The Balaban J connectivity index is 2.39. The quantitative estimate of drug-likeness (QED) is 0.401. The van der Waals surface area contributed by atoms with Gasteiger partial charge < -0.3 is 4.81 Å². The minimum Gasteiger partial charge on any atom is -0.348 e. The summed E-state index contributed by atoms with van der Waals surface area (Å²) in [4.78, 5) is 2.40. The molecule has 0 bridgehead atoms. The third kappa shape index (κ3) is 1.05. The Morgan fingerprint density at radius 1 is 1.25 bits per heavy atom. The van der Waals surface area contributed by atoms with Crippen molar-refractivity contribution in [3.8, 4) is 0 Å². The maximum absolute atomic E-state index is 2.40. The highest BCUT2D eigenvalue weighted by Crippen LogP contribution is 2.19. The second kappa shape index (κ2) is 2.10. The van der Waals surface area contributed by atoms with Crippen molar-refractivity contribution < 1.29 is 0 Å². The van der Waals surface area contributed by atoms with E-state index in [-0.39, 0.29) is 0 Å². The second-order valence-corrected chi connectivity index (χ2v) is 3.18. The molecule has 0 aliphatic carbocycles. The average molecular weight is 111 g/mol. The van der Waals surface area contributed by atoms with E-state index < -0.39 is 0 Å². The van der Waals surface area contributed by atoms with Crippen LogP contribution in [-0.4, -0.2) is 25.9 Å². The zero-order chi connectivity index (χ0) is 6.15. The molecule has 0 aromatic carbocycles. The van der Waals surface area contributed by atoms with Crippen LogP contribution in [0.1, 0.15) is 13.8 Å². The van der Waals surface area contributed by atoms with Crippen molar-refractivity contribution in [2.45, 2.75) is 13.8 Å². The molecule has 1 heterocycles. The minimum absolute atomic E-state index is 0.917. The predicted molar refractivity (Wildman–Crippen MR) is 38.4 cm³/mol. The largest absolute Gasteiger partial charge is 0.348 e. The van der Waals surface area contributed by atoms with E-state index in [9.17, 15) is 0 Å². The second-order valence-electron chi connectivity index (χ2n) is 3.18. The van der Waals surface area contributed by atoms with Crippen LogP contribution in [0, 0.1) is 11.8 Å². The van der Waals surface area contributed by atoms with Gasteiger partial charge in [-0.15, -0.1) is 0 Å². The summed E-state index contributed by atoms with van der Waals surface area (Å²) in [5, 5.41) is 0. The third-order valence-electron chi connectivity index (χ3n) is 2.17. The van der Waals surface area contributed by atoms with Crippen molar-refractivity contribution >= 4 is 7.98 Å². The van der Waals surface area contributed by atoms with Crippen LogP contribution in [0.4, 0.5) is 0 Å². The first kappa shape index (κ1) is 6.15. The molecule has 0 radical (unpaired) electrons. The SMILES string of the molecule is BN1C[C@@H](C)[C@@H](C)C1. The number of hydrogen-bond donors (Lipinski definition) is 0. The number of hydrogen-bond acceptors (Lipinski definition) is 1. The minimum atomic E-state index is 0.917. The van der Waals surface area contributed by atoms with Crippen molar-refractivity contribution in [2.24, 2.45) is 11.8 Å². The molecule has 8 heavy (non-hydrogen) atoms. The van der Waals surface area contributed by atoms with Crippen molar-refractivity contribution in [3.63, 3.8) is 0 Å². The Morgan fingerprint density at radius 3 is 1.75 bits per heavy atom. The third-order valence-corrected chi connectivity index (χ3v) is 2.17. The molecule has 1 aliphatic heterocycles. The molecule has 0 aromatic heterocycles. The molecule has 0 amide bonds. The molecule has 1 nitrogen and oxygen atoms in total. The summed E-state index contributed by atoms with van der Waals surface area (Å²) in [7, 11) is 2.19.